The van der Waals surface area contributed by atoms with E-state index in [2.05, 4.69) is 14.7 Å². The molecule has 0 atom stereocenters. The van der Waals surface area contributed by atoms with Crippen LogP contribution in [-0.4, -0.2) is 36.8 Å². The van der Waals surface area contributed by atoms with Crippen LogP contribution in [0.1, 0.15) is 5.69 Å². The average molecular weight is 298 g/mol. The summed E-state index contributed by atoms with van der Waals surface area (Å²) in [5, 5.41) is 0.352. The Hall–Kier alpha value is -1.51. The standard InChI is InChI=1S/C11H14N4O2S2/c1-8-10(9-5-4-6-12-7-9)18-11(13-8)14-19(16,17)15(2)3/h4-7H,1-3H3,(H,13,14). The van der Waals surface area contributed by atoms with E-state index in [0.717, 1.165) is 20.4 Å². The molecule has 2 aromatic heterocycles. The van der Waals surface area contributed by atoms with Crippen molar-refractivity contribution in [1.29, 1.82) is 0 Å². The van der Waals surface area contributed by atoms with Crippen LogP contribution in [-0.2, 0) is 10.2 Å². The molecule has 0 saturated carbocycles. The number of hydrogen-bond donors (Lipinski definition) is 1. The molecule has 6 nitrogen and oxygen atoms in total. The Bertz CT molecular complexity index is 665. The average Bonchev–Trinajstić information content (AvgIpc) is 2.70. The molecule has 2 aromatic rings. The molecule has 0 aliphatic carbocycles. The molecule has 0 aliphatic rings. The maximum absolute atomic E-state index is 11.7. The number of anilines is 1. The fraction of sp³-hybridized carbons (Fsp3) is 0.273. The number of rotatable bonds is 4. The van der Waals surface area contributed by atoms with Gasteiger partial charge < -0.3 is 0 Å². The second-order valence-corrected chi connectivity index (χ2v) is 6.95. The minimum absolute atomic E-state index is 0.352. The smallest absolute Gasteiger partial charge is 0.264 e. The molecular formula is C11H14N4O2S2. The molecule has 0 amide bonds. The summed E-state index contributed by atoms with van der Waals surface area (Å²) < 4.78 is 27.0. The van der Waals surface area contributed by atoms with E-state index >= 15 is 0 Å². The van der Waals surface area contributed by atoms with Gasteiger partial charge in [0, 0.05) is 32.1 Å². The molecule has 8 heteroatoms. The summed E-state index contributed by atoms with van der Waals surface area (Å²) in [7, 11) is -0.595. The molecule has 0 bridgehead atoms. The first-order chi connectivity index (χ1) is 8.90. The summed E-state index contributed by atoms with van der Waals surface area (Å²) in [4.78, 5) is 9.18. The second kappa shape index (κ2) is 5.24. The highest BCUT2D eigenvalue weighted by Crippen LogP contribution is 2.32. The predicted molar refractivity (Wildman–Crippen MR) is 76.3 cm³/mol. The molecule has 19 heavy (non-hydrogen) atoms. The van der Waals surface area contributed by atoms with E-state index < -0.39 is 10.2 Å². The fourth-order valence-electron chi connectivity index (χ4n) is 1.41. The normalized spacial score (nSPS) is 11.8. The van der Waals surface area contributed by atoms with Crippen LogP contribution in [0, 0.1) is 6.92 Å². The largest absolute Gasteiger partial charge is 0.302 e. The summed E-state index contributed by atoms with van der Waals surface area (Å²) in [5.41, 5.74) is 1.70. The Morgan fingerprint density at radius 1 is 1.37 bits per heavy atom. The van der Waals surface area contributed by atoms with Crippen LogP contribution >= 0.6 is 11.3 Å². The van der Waals surface area contributed by atoms with Crippen molar-refractivity contribution in [2.75, 3.05) is 18.8 Å². The monoisotopic (exact) mass is 298 g/mol. The Morgan fingerprint density at radius 3 is 2.68 bits per heavy atom. The number of thiazole rings is 1. The van der Waals surface area contributed by atoms with Gasteiger partial charge in [-0.05, 0) is 13.0 Å². The molecule has 0 radical (unpaired) electrons. The van der Waals surface area contributed by atoms with Crippen LogP contribution in [0.3, 0.4) is 0 Å². The Kier molecular flexibility index (Phi) is 3.83. The lowest BCUT2D eigenvalue weighted by Gasteiger charge is -2.10. The minimum Gasteiger partial charge on any atom is -0.264 e. The second-order valence-electron chi connectivity index (χ2n) is 4.06. The number of aryl methyl sites for hydroxylation is 1. The van der Waals surface area contributed by atoms with E-state index in [-0.39, 0.29) is 0 Å². The zero-order valence-corrected chi connectivity index (χ0v) is 12.4. The summed E-state index contributed by atoms with van der Waals surface area (Å²) in [6, 6.07) is 3.75. The third kappa shape index (κ3) is 3.09. The number of nitrogens with one attached hydrogen (secondary N) is 1. The first kappa shape index (κ1) is 13.9. The van der Waals surface area contributed by atoms with E-state index in [1.807, 2.05) is 19.1 Å². The molecule has 2 heterocycles. The topological polar surface area (TPSA) is 75.2 Å². The molecule has 0 aromatic carbocycles. The highest BCUT2D eigenvalue weighted by molar-refractivity contribution is 7.90. The minimum atomic E-state index is -3.52. The highest BCUT2D eigenvalue weighted by atomic mass is 32.2. The van der Waals surface area contributed by atoms with E-state index in [0.29, 0.717) is 5.13 Å². The van der Waals surface area contributed by atoms with Gasteiger partial charge in [0.1, 0.15) is 0 Å². The summed E-state index contributed by atoms with van der Waals surface area (Å²) in [6.45, 7) is 1.84. The van der Waals surface area contributed by atoms with E-state index in [4.69, 9.17) is 0 Å². The van der Waals surface area contributed by atoms with Crippen LogP contribution in [0.25, 0.3) is 10.4 Å². The lowest BCUT2D eigenvalue weighted by atomic mass is 10.2. The maximum atomic E-state index is 11.7. The summed E-state index contributed by atoms with van der Waals surface area (Å²) in [6.07, 6.45) is 3.42. The van der Waals surface area contributed by atoms with Gasteiger partial charge in [-0.2, -0.15) is 12.7 Å². The van der Waals surface area contributed by atoms with E-state index in [9.17, 15) is 8.42 Å². The van der Waals surface area contributed by atoms with Crippen LogP contribution in [0.15, 0.2) is 24.5 Å². The van der Waals surface area contributed by atoms with Gasteiger partial charge in [-0.15, -0.1) is 0 Å². The van der Waals surface area contributed by atoms with Crippen LogP contribution in [0.5, 0.6) is 0 Å². The van der Waals surface area contributed by atoms with Gasteiger partial charge in [-0.3, -0.25) is 4.98 Å². The van der Waals surface area contributed by atoms with Crippen molar-refractivity contribution in [2.45, 2.75) is 6.92 Å². The van der Waals surface area contributed by atoms with Gasteiger partial charge in [0.25, 0.3) is 0 Å². The fourth-order valence-corrected chi connectivity index (χ4v) is 3.15. The Balaban J connectivity index is 2.33. The van der Waals surface area contributed by atoms with Crippen LogP contribution in [0.4, 0.5) is 5.13 Å². The third-order valence-electron chi connectivity index (χ3n) is 2.42. The van der Waals surface area contributed by atoms with Gasteiger partial charge in [-0.25, -0.2) is 9.71 Å². The first-order valence-corrected chi connectivity index (χ1v) is 7.74. The summed E-state index contributed by atoms with van der Waals surface area (Å²) >= 11 is 1.29. The highest BCUT2D eigenvalue weighted by Gasteiger charge is 2.17. The zero-order valence-electron chi connectivity index (χ0n) is 10.8. The van der Waals surface area contributed by atoms with Crippen molar-refractivity contribution >= 4 is 26.7 Å². The molecule has 0 saturated heterocycles. The van der Waals surface area contributed by atoms with Crippen molar-refractivity contribution < 1.29 is 8.42 Å². The van der Waals surface area contributed by atoms with Gasteiger partial charge in [0.05, 0.1) is 10.6 Å². The maximum Gasteiger partial charge on any atom is 0.302 e. The van der Waals surface area contributed by atoms with Crippen LogP contribution in [0.2, 0.25) is 0 Å². The van der Waals surface area contributed by atoms with Gasteiger partial charge in [0.2, 0.25) is 0 Å². The molecule has 0 aliphatic heterocycles. The number of pyridine rings is 1. The molecular weight excluding hydrogens is 284 g/mol. The first-order valence-electron chi connectivity index (χ1n) is 5.48. The molecule has 2 rings (SSSR count). The lowest BCUT2D eigenvalue weighted by Crippen LogP contribution is -2.28. The van der Waals surface area contributed by atoms with Crippen molar-refractivity contribution in [3.8, 4) is 10.4 Å². The molecule has 0 spiro atoms. The van der Waals surface area contributed by atoms with Crippen LogP contribution < -0.4 is 4.72 Å². The van der Waals surface area contributed by atoms with E-state index in [1.54, 1.807) is 12.4 Å². The number of aromatic nitrogens is 2. The summed E-state index contributed by atoms with van der Waals surface area (Å²) in [5.74, 6) is 0. The van der Waals surface area contributed by atoms with Crippen molar-refractivity contribution in [3.05, 3.63) is 30.2 Å². The van der Waals surface area contributed by atoms with Crippen molar-refractivity contribution in [3.63, 3.8) is 0 Å². The number of nitrogens with zero attached hydrogens (tertiary/aromatic N) is 3. The quantitative estimate of drug-likeness (QED) is 0.932. The van der Waals surface area contributed by atoms with Crippen molar-refractivity contribution in [2.24, 2.45) is 0 Å². The molecule has 102 valence electrons. The Morgan fingerprint density at radius 2 is 2.11 bits per heavy atom. The molecule has 0 unspecified atom stereocenters. The van der Waals surface area contributed by atoms with Crippen molar-refractivity contribution in [1.82, 2.24) is 14.3 Å². The molecule has 0 fully saturated rings. The zero-order chi connectivity index (χ0) is 14.0. The Labute approximate surface area is 116 Å². The van der Waals surface area contributed by atoms with Gasteiger partial charge in [0.15, 0.2) is 5.13 Å². The molecule has 1 N–H and O–H groups in total. The SMILES string of the molecule is Cc1nc(NS(=O)(=O)N(C)C)sc1-c1cccnc1. The number of hydrogen-bond acceptors (Lipinski definition) is 5. The predicted octanol–water partition coefficient (Wildman–Crippen LogP) is 1.73. The third-order valence-corrected chi connectivity index (χ3v) is 5.08. The van der Waals surface area contributed by atoms with Gasteiger partial charge in [-0.1, -0.05) is 17.4 Å². The van der Waals surface area contributed by atoms with E-state index in [1.165, 1.54) is 25.4 Å². The van der Waals surface area contributed by atoms with Gasteiger partial charge >= 0.3 is 10.2 Å². The lowest BCUT2D eigenvalue weighted by molar-refractivity contribution is 0.527.